The topological polar surface area (TPSA) is 88.1 Å². The molecule has 2 fully saturated rings. The minimum atomic E-state index is -0.597. The van der Waals surface area contributed by atoms with Gasteiger partial charge in [-0.3, -0.25) is 4.79 Å². The molecule has 2 aliphatic rings. The molecule has 2 atom stereocenters. The lowest BCUT2D eigenvalue weighted by atomic mass is 9.83. The van der Waals surface area contributed by atoms with Crippen molar-refractivity contribution in [3.05, 3.63) is 35.9 Å². The van der Waals surface area contributed by atoms with E-state index in [-0.39, 0.29) is 17.9 Å². The van der Waals surface area contributed by atoms with Gasteiger partial charge in [0, 0.05) is 0 Å². The van der Waals surface area contributed by atoms with Crippen molar-refractivity contribution in [2.24, 2.45) is 11.8 Å². The maximum Gasteiger partial charge on any atom is 0.407 e. The quantitative estimate of drug-likeness (QED) is 0.381. The van der Waals surface area contributed by atoms with Gasteiger partial charge < -0.3 is 24.8 Å². The normalized spacial score (nSPS) is 19.7. The highest BCUT2D eigenvalue weighted by Crippen LogP contribution is 2.29. The molecule has 208 valence electrons. The standard InChI is InChI=1S/C30H48N2O5/c1-30(2,3)37-29(35)31-26(21-23-11-6-4-7-12-23)27(33)15-10-18-32-19-16-25(17-20-32)28(34)36-22-24-13-8-5-9-14-24/h5,8-9,13-14,23,25-27,33H,4,6-7,10-12,15-22H2,1-3H3,(H,31,35)/t26-,27-/m0/s1. The third kappa shape index (κ3) is 11.0. The molecule has 1 aliphatic carbocycles. The van der Waals surface area contributed by atoms with Gasteiger partial charge in [-0.2, -0.15) is 0 Å². The van der Waals surface area contributed by atoms with E-state index in [1.54, 1.807) is 0 Å². The first-order valence-electron chi connectivity index (χ1n) is 14.3. The lowest BCUT2D eigenvalue weighted by Gasteiger charge is -2.32. The summed E-state index contributed by atoms with van der Waals surface area (Å²) in [6.07, 6.45) is 8.93. The van der Waals surface area contributed by atoms with Crippen LogP contribution in [0.5, 0.6) is 0 Å². The van der Waals surface area contributed by atoms with Crippen LogP contribution in [0.25, 0.3) is 0 Å². The van der Waals surface area contributed by atoms with Gasteiger partial charge >= 0.3 is 12.1 Å². The van der Waals surface area contributed by atoms with E-state index in [0.29, 0.717) is 18.9 Å². The molecule has 7 heteroatoms. The third-order valence-corrected chi connectivity index (χ3v) is 7.60. The minimum Gasteiger partial charge on any atom is -0.461 e. The number of alkyl carbamates (subject to hydrolysis) is 1. The maximum atomic E-state index is 12.5. The highest BCUT2D eigenvalue weighted by molar-refractivity contribution is 5.72. The van der Waals surface area contributed by atoms with Crippen molar-refractivity contribution in [3.8, 4) is 0 Å². The SMILES string of the molecule is CC(C)(C)OC(=O)N[C@@H](CC1CCCCC1)[C@@H](O)CCCN1CCC(C(=O)OCc2ccccc2)CC1. The summed E-state index contributed by atoms with van der Waals surface area (Å²) in [4.78, 5) is 27.3. The summed E-state index contributed by atoms with van der Waals surface area (Å²) in [6.45, 7) is 8.50. The van der Waals surface area contributed by atoms with Gasteiger partial charge in [-0.15, -0.1) is 0 Å². The molecular weight excluding hydrogens is 468 g/mol. The Balaban J connectivity index is 1.39. The van der Waals surface area contributed by atoms with Gasteiger partial charge in [-0.25, -0.2) is 4.79 Å². The van der Waals surface area contributed by atoms with Crippen LogP contribution >= 0.6 is 0 Å². The molecule has 0 spiro atoms. The van der Waals surface area contributed by atoms with Gasteiger partial charge in [0.25, 0.3) is 0 Å². The zero-order chi connectivity index (χ0) is 26.7. The molecule has 0 aromatic heterocycles. The number of aliphatic hydroxyl groups excluding tert-OH is 1. The Morgan fingerprint density at radius 3 is 2.38 bits per heavy atom. The monoisotopic (exact) mass is 516 g/mol. The number of hydrogen-bond donors (Lipinski definition) is 2. The van der Waals surface area contributed by atoms with Crippen LogP contribution < -0.4 is 5.32 Å². The molecule has 0 radical (unpaired) electrons. The van der Waals surface area contributed by atoms with E-state index >= 15 is 0 Å². The molecule has 1 aromatic carbocycles. The van der Waals surface area contributed by atoms with Gasteiger partial charge in [0.05, 0.1) is 18.1 Å². The Morgan fingerprint density at radius 1 is 1.05 bits per heavy atom. The van der Waals surface area contributed by atoms with E-state index in [4.69, 9.17) is 9.47 Å². The van der Waals surface area contributed by atoms with Crippen LogP contribution in [0.2, 0.25) is 0 Å². The fourth-order valence-corrected chi connectivity index (χ4v) is 5.52. The Labute approximate surface area is 223 Å². The Kier molecular flexibility index (Phi) is 11.7. The molecular formula is C30H48N2O5. The summed E-state index contributed by atoms with van der Waals surface area (Å²) < 4.78 is 11.0. The summed E-state index contributed by atoms with van der Waals surface area (Å²) >= 11 is 0. The van der Waals surface area contributed by atoms with E-state index in [9.17, 15) is 14.7 Å². The lowest BCUT2D eigenvalue weighted by Crippen LogP contribution is -2.47. The second-order valence-electron chi connectivity index (χ2n) is 11.9. The van der Waals surface area contributed by atoms with E-state index < -0.39 is 17.8 Å². The molecule has 1 aliphatic heterocycles. The van der Waals surface area contributed by atoms with Crippen molar-refractivity contribution in [2.75, 3.05) is 19.6 Å². The van der Waals surface area contributed by atoms with E-state index in [1.165, 1.54) is 32.1 Å². The third-order valence-electron chi connectivity index (χ3n) is 7.60. The van der Waals surface area contributed by atoms with Crippen molar-refractivity contribution in [1.82, 2.24) is 10.2 Å². The highest BCUT2D eigenvalue weighted by Gasteiger charge is 2.29. The number of benzene rings is 1. The summed E-state index contributed by atoms with van der Waals surface area (Å²) in [6, 6.07) is 9.49. The number of ether oxygens (including phenoxy) is 2. The number of esters is 1. The van der Waals surface area contributed by atoms with Gasteiger partial charge in [0.1, 0.15) is 12.2 Å². The van der Waals surface area contributed by atoms with Crippen LogP contribution in [0.4, 0.5) is 4.79 Å². The number of amides is 1. The Hall–Kier alpha value is -2.12. The van der Waals surface area contributed by atoms with E-state index in [0.717, 1.165) is 50.9 Å². The van der Waals surface area contributed by atoms with E-state index in [2.05, 4.69) is 10.2 Å². The lowest BCUT2D eigenvalue weighted by molar-refractivity contribution is -0.151. The number of carbonyl (C=O) groups excluding carboxylic acids is 2. The van der Waals surface area contributed by atoms with Crippen LogP contribution in [0, 0.1) is 11.8 Å². The zero-order valence-electron chi connectivity index (χ0n) is 23.1. The number of nitrogens with zero attached hydrogens (tertiary/aromatic N) is 1. The molecule has 2 N–H and O–H groups in total. The molecule has 1 heterocycles. The van der Waals surface area contributed by atoms with Crippen molar-refractivity contribution in [3.63, 3.8) is 0 Å². The first kappa shape index (κ1) is 29.4. The number of piperidine rings is 1. The zero-order valence-corrected chi connectivity index (χ0v) is 23.1. The molecule has 3 rings (SSSR count). The molecule has 37 heavy (non-hydrogen) atoms. The predicted molar refractivity (Wildman–Crippen MR) is 145 cm³/mol. The predicted octanol–water partition coefficient (Wildman–Crippen LogP) is 5.45. The summed E-state index contributed by atoms with van der Waals surface area (Å²) in [5.41, 5.74) is 0.444. The molecule has 1 saturated carbocycles. The molecule has 7 nitrogen and oxygen atoms in total. The highest BCUT2D eigenvalue weighted by atomic mass is 16.6. The fourth-order valence-electron chi connectivity index (χ4n) is 5.52. The second kappa shape index (κ2) is 14.7. The van der Waals surface area contributed by atoms with Crippen LogP contribution in [0.3, 0.4) is 0 Å². The molecule has 0 unspecified atom stereocenters. The number of carbonyl (C=O) groups is 2. The number of likely N-dealkylation sites (tertiary alicyclic amines) is 1. The number of rotatable bonds is 11. The summed E-state index contributed by atoms with van der Waals surface area (Å²) in [5, 5.41) is 14.0. The summed E-state index contributed by atoms with van der Waals surface area (Å²) in [5.74, 6) is 0.408. The average molecular weight is 517 g/mol. The Morgan fingerprint density at radius 2 is 1.73 bits per heavy atom. The van der Waals surface area contributed by atoms with Crippen LogP contribution in [-0.4, -0.2) is 59.5 Å². The average Bonchev–Trinajstić information content (AvgIpc) is 2.87. The van der Waals surface area contributed by atoms with Gasteiger partial charge in [-0.05, 0) is 84.0 Å². The Bertz CT molecular complexity index is 811. The van der Waals surface area contributed by atoms with Gasteiger partial charge in [0.15, 0.2) is 0 Å². The maximum absolute atomic E-state index is 12.5. The van der Waals surface area contributed by atoms with Crippen molar-refractivity contribution in [2.45, 2.75) is 109 Å². The number of aliphatic hydroxyl groups is 1. The largest absolute Gasteiger partial charge is 0.461 e. The minimum absolute atomic E-state index is 0.0385. The number of nitrogens with one attached hydrogen (secondary N) is 1. The number of hydrogen-bond acceptors (Lipinski definition) is 6. The van der Waals surface area contributed by atoms with Crippen LogP contribution in [-0.2, 0) is 20.9 Å². The fraction of sp³-hybridized carbons (Fsp3) is 0.733. The van der Waals surface area contributed by atoms with E-state index in [1.807, 2.05) is 51.1 Å². The molecule has 1 aromatic rings. The molecule has 0 bridgehead atoms. The van der Waals surface area contributed by atoms with Crippen molar-refractivity contribution in [1.29, 1.82) is 0 Å². The van der Waals surface area contributed by atoms with Crippen LogP contribution in [0.15, 0.2) is 30.3 Å². The van der Waals surface area contributed by atoms with Gasteiger partial charge in [0.2, 0.25) is 0 Å². The smallest absolute Gasteiger partial charge is 0.407 e. The second-order valence-corrected chi connectivity index (χ2v) is 11.9. The van der Waals surface area contributed by atoms with Crippen LogP contribution in [0.1, 0.15) is 90.5 Å². The molecule has 1 amide bonds. The van der Waals surface area contributed by atoms with Gasteiger partial charge in [-0.1, -0.05) is 62.4 Å². The van der Waals surface area contributed by atoms with Crippen molar-refractivity contribution < 1.29 is 24.2 Å². The summed E-state index contributed by atoms with van der Waals surface area (Å²) in [7, 11) is 0. The molecule has 1 saturated heterocycles. The van der Waals surface area contributed by atoms with Crippen molar-refractivity contribution >= 4 is 12.1 Å². The first-order valence-corrected chi connectivity index (χ1v) is 14.3. The first-order chi connectivity index (χ1) is 17.7.